The topological polar surface area (TPSA) is 64.1 Å². The Morgan fingerprint density at radius 1 is 0.889 bits per heavy atom. The lowest BCUT2D eigenvalue weighted by Gasteiger charge is -2.06. The van der Waals surface area contributed by atoms with E-state index in [-0.39, 0.29) is 5.91 Å². The van der Waals surface area contributed by atoms with Gasteiger partial charge in [0.05, 0.1) is 11.4 Å². The highest BCUT2D eigenvalue weighted by Crippen LogP contribution is 2.29. The van der Waals surface area contributed by atoms with E-state index in [4.69, 9.17) is 9.72 Å². The normalized spacial score (nSPS) is 10.9. The van der Waals surface area contributed by atoms with E-state index in [1.54, 1.807) is 23.6 Å². The minimum Gasteiger partial charge on any atom is -0.489 e. The number of hydrogen-bond acceptors (Lipinski definition) is 5. The number of carbonyl (C=O) groups is 1. The van der Waals surface area contributed by atoms with E-state index in [2.05, 4.69) is 10.3 Å². The van der Waals surface area contributed by atoms with Gasteiger partial charge in [0.15, 0.2) is 0 Å². The van der Waals surface area contributed by atoms with E-state index < -0.39 is 0 Å². The molecule has 0 radical (unpaired) electrons. The largest absolute Gasteiger partial charge is 0.489 e. The number of anilines is 1. The summed E-state index contributed by atoms with van der Waals surface area (Å²) in [5.74, 6) is 0.578. The molecule has 0 aliphatic rings. The third-order valence-electron chi connectivity index (χ3n) is 5.37. The van der Waals surface area contributed by atoms with E-state index in [0.717, 1.165) is 38.8 Å². The molecular formula is C30H23N3O2S. The molecule has 5 nitrogen and oxygen atoms in total. The summed E-state index contributed by atoms with van der Waals surface area (Å²) < 4.78 is 5.81. The number of benzene rings is 3. The van der Waals surface area contributed by atoms with Gasteiger partial charge in [-0.2, -0.15) is 0 Å². The second-order valence-corrected chi connectivity index (χ2v) is 8.86. The van der Waals surface area contributed by atoms with E-state index >= 15 is 0 Å². The molecule has 0 aliphatic carbocycles. The molecule has 0 bridgehead atoms. The van der Waals surface area contributed by atoms with Crippen LogP contribution in [0.1, 0.15) is 11.1 Å². The standard InChI is InChI=1S/C30H23N3O2S/c34-29(17-14-22-12-15-26(16-13-22)35-20-23-7-2-1-3-8-23)32-25-10-6-9-24(19-25)28-21-36-30(33-28)27-11-4-5-18-31-27/h1-19,21H,20H2,(H,32,34)/b17-14+. The van der Waals surface area contributed by atoms with Crippen molar-refractivity contribution in [3.8, 4) is 27.7 Å². The van der Waals surface area contributed by atoms with E-state index in [1.165, 1.54) is 6.08 Å². The zero-order valence-corrected chi connectivity index (χ0v) is 20.2. The molecule has 3 aromatic carbocycles. The number of amides is 1. The number of carbonyl (C=O) groups excluding carboxylic acids is 1. The third kappa shape index (κ3) is 6.11. The van der Waals surface area contributed by atoms with Crippen LogP contribution < -0.4 is 10.1 Å². The molecule has 2 heterocycles. The van der Waals surface area contributed by atoms with Gasteiger partial charge in [-0.1, -0.05) is 60.7 Å². The first-order valence-electron chi connectivity index (χ1n) is 11.5. The molecule has 0 fully saturated rings. The van der Waals surface area contributed by atoms with Crippen molar-refractivity contribution in [3.05, 3.63) is 126 Å². The van der Waals surface area contributed by atoms with Crippen LogP contribution in [0.5, 0.6) is 5.75 Å². The second kappa shape index (κ2) is 11.3. The van der Waals surface area contributed by atoms with Gasteiger partial charge < -0.3 is 10.1 Å². The van der Waals surface area contributed by atoms with Gasteiger partial charge >= 0.3 is 0 Å². The van der Waals surface area contributed by atoms with Crippen LogP contribution in [0.25, 0.3) is 28.0 Å². The van der Waals surface area contributed by atoms with Gasteiger partial charge in [-0.15, -0.1) is 11.3 Å². The summed E-state index contributed by atoms with van der Waals surface area (Å²) in [5.41, 5.74) is 5.36. The zero-order valence-electron chi connectivity index (χ0n) is 19.4. The minimum absolute atomic E-state index is 0.205. The summed E-state index contributed by atoms with van der Waals surface area (Å²) in [4.78, 5) is 21.6. The first-order valence-corrected chi connectivity index (χ1v) is 12.3. The number of pyridine rings is 1. The molecule has 6 heteroatoms. The van der Waals surface area contributed by atoms with Crippen LogP contribution >= 0.6 is 11.3 Å². The number of nitrogens with zero attached hydrogens (tertiary/aromatic N) is 2. The van der Waals surface area contributed by atoms with Crippen molar-refractivity contribution in [3.63, 3.8) is 0 Å². The van der Waals surface area contributed by atoms with Crippen LogP contribution in [0.4, 0.5) is 5.69 Å². The SMILES string of the molecule is O=C(/C=C/c1ccc(OCc2ccccc2)cc1)Nc1cccc(-c2csc(-c3ccccn3)n2)c1. The average molecular weight is 490 g/mol. The van der Waals surface area contributed by atoms with Crippen LogP contribution in [0.15, 0.2) is 115 Å². The number of aromatic nitrogens is 2. The summed E-state index contributed by atoms with van der Waals surface area (Å²) >= 11 is 1.54. The lowest BCUT2D eigenvalue weighted by atomic mass is 10.1. The number of ether oxygens (including phenoxy) is 1. The lowest BCUT2D eigenvalue weighted by Crippen LogP contribution is -2.07. The van der Waals surface area contributed by atoms with Crippen molar-refractivity contribution in [2.24, 2.45) is 0 Å². The van der Waals surface area contributed by atoms with Crippen LogP contribution in [0.2, 0.25) is 0 Å². The third-order valence-corrected chi connectivity index (χ3v) is 6.23. The highest BCUT2D eigenvalue weighted by molar-refractivity contribution is 7.13. The van der Waals surface area contributed by atoms with Gasteiger partial charge in [0.1, 0.15) is 17.4 Å². The molecular weight excluding hydrogens is 466 g/mol. The Morgan fingerprint density at radius 2 is 1.72 bits per heavy atom. The minimum atomic E-state index is -0.205. The first-order chi connectivity index (χ1) is 17.7. The Morgan fingerprint density at radius 3 is 2.53 bits per heavy atom. The molecule has 0 aliphatic heterocycles. The van der Waals surface area contributed by atoms with Crippen LogP contribution in [-0.4, -0.2) is 15.9 Å². The predicted octanol–water partition coefficient (Wildman–Crippen LogP) is 7.10. The van der Waals surface area contributed by atoms with Gasteiger partial charge in [0.2, 0.25) is 5.91 Å². The Kier molecular flexibility index (Phi) is 7.25. The first kappa shape index (κ1) is 23.2. The predicted molar refractivity (Wildman–Crippen MR) is 146 cm³/mol. The van der Waals surface area contributed by atoms with E-state index in [1.807, 2.05) is 102 Å². The van der Waals surface area contributed by atoms with Gasteiger partial charge in [0.25, 0.3) is 0 Å². The fraction of sp³-hybridized carbons (Fsp3) is 0.0333. The molecule has 36 heavy (non-hydrogen) atoms. The van der Waals surface area contributed by atoms with E-state index in [0.29, 0.717) is 12.3 Å². The van der Waals surface area contributed by atoms with Crippen molar-refractivity contribution in [1.82, 2.24) is 9.97 Å². The fourth-order valence-electron chi connectivity index (χ4n) is 3.54. The van der Waals surface area contributed by atoms with Gasteiger partial charge in [-0.3, -0.25) is 9.78 Å². The lowest BCUT2D eigenvalue weighted by molar-refractivity contribution is -0.111. The maximum Gasteiger partial charge on any atom is 0.248 e. The number of rotatable bonds is 8. The smallest absolute Gasteiger partial charge is 0.248 e. The van der Waals surface area contributed by atoms with Crippen LogP contribution in [0.3, 0.4) is 0 Å². The van der Waals surface area contributed by atoms with Gasteiger partial charge in [-0.25, -0.2) is 4.98 Å². The summed E-state index contributed by atoms with van der Waals surface area (Å²) in [6, 6.07) is 31.1. The molecule has 5 rings (SSSR count). The quantitative estimate of drug-likeness (QED) is 0.236. The molecule has 0 saturated heterocycles. The summed E-state index contributed by atoms with van der Waals surface area (Å²) in [6.07, 6.45) is 5.06. The molecule has 1 N–H and O–H groups in total. The van der Waals surface area contributed by atoms with Crippen molar-refractivity contribution >= 4 is 29.0 Å². The Labute approximate surface area is 213 Å². The zero-order chi connectivity index (χ0) is 24.6. The molecule has 176 valence electrons. The number of hydrogen-bond donors (Lipinski definition) is 1. The summed E-state index contributed by atoms with van der Waals surface area (Å²) in [7, 11) is 0. The van der Waals surface area contributed by atoms with Crippen molar-refractivity contribution in [2.75, 3.05) is 5.32 Å². The number of nitrogens with one attached hydrogen (secondary N) is 1. The number of thiazole rings is 1. The molecule has 0 spiro atoms. The Balaban J connectivity index is 1.18. The monoisotopic (exact) mass is 489 g/mol. The summed E-state index contributed by atoms with van der Waals surface area (Å²) in [6.45, 7) is 0.517. The highest BCUT2D eigenvalue weighted by atomic mass is 32.1. The highest BCUT2D eigenvalue weighted by Gasteiger charge is 2.08. The second-order valence-electron chi connectivity index (χ2n) is 8.00. The summed E-state index contributed by atoms with van der Waals surface area (Å²) in [5, 5.41) is 5.78. The maximum atomic E-state index is 12.5. The van der Waals surface area contributed by atoms with E-state index in [9.17, 15) is 4.79 Å². The Hall–Kier alpha value is -4.55. The Bertz CT molecular complexity index is 1460. The molecule has 2 aromatic heterocycles. The molecule has 0 saturated carbocycles. The maximum absolute atomic E-state index is 12.5. The average Bonchev–Trinajstić information content (AvgIpc) is 3.43. The molecule has 0 unspecified atom stereocenters. The van der Waals surface area contributed by atoms with Crippen LogP contribution in [0, 0.1) is 0 Å². The fourth-order valence-corrected chi connectivity index (χ4v) is 4.35. The van der Waals surface area contributed by atoms with Crippen molar-refractivity contribution in [2.45, 2.75) is 6.61 Å². The van der Waals surface area contributed by atoms with Crippen LogP contribution in [-0.2, 0) is 11.4 Å². The molecule has 5 aromatic rings. The van der Waals surface area contributed by atoms with Crippen molar-refractivity contribution < 1.29 is 9.53 Å². The van der Waals surface area contributed by atoms with Gasteiger partial charge in [-0.05, 0) is 53.6 Å². The molecule has 0 atom stereocenters. The van der Waals surface area contributed by atoms with Gasteiger partial charge in [0, 0.05) is 28.9 Å². The van der Waals surface area contributed by atoms with Crippen molar-refractivity contribution in [1.29, 1.82) is 0 Å². The molecule has 1 amide bonds.